The molecule has 0 spiro atoms. The minimum absolute atomic E-state index is 0.128. The number of amidine groups is 1. The Morgan fingerprint density at radius 1 is 1.32 bits per heavy atom. The average molecular weight is 273 g/mol. The lowest BCUT2D eigenvalue weighted by Gasteiger charge is -2.16. The van der Waals surface area contributed by atoms with E-state index in [1.54, 1.807) is 11.3 Å². The van der Waals surface area contributed by atoms with Crippen LogP contribution in [0.15, 0.2) is 41.8 Å². The quantitative estimate of drug-likeness (QED) is 0.628. The highest BCUT2D eigenvalue weighted by atomic mass is 32.1. The fraction of sp³-hybridized carbons (Fsp3) is 0.267. The largest absolute Gasteiger partial charge is 0.384 e. The molecule has 0 atom stereocenters. The summed E-state index contributed by atoms with van der Waals surface area (Å²) >= 11 is 1.81. The fourth-order valence-corrected chi connectivity index (χ4v) is 2.68. The van der Waals surface area contributed by atoms with E-state index in [-0.39, 0.29) is 5.84 Å². The highest BCUT2D eigenvalue weighted by molar-refractivity contribution is 7.09. The molecule has 0 unspecified atom stereocenters. The summed E-state index contributed by atoms with van der Waals surface area (Å²) in [6.45, 7) is 1.91. The van der Waals surface area contributed by atoms with Gasteiger partial charge in [0, 0.05) is 23.5 Å². The molecular weight excluding hydrogens is 254 g/mol. The van der Waals surface area contributed by atoms with Gasteiger partial charge in [-0.2, -0.15) is 0 Å². The number of likely N-dealkylation sites (N-methyl/N-ethyl adjacent to an activating group) is 1. The second-order valence-corrected chi connectivity index (χ2v) is 5.71. The summed E-state index contributed by atoms with van der Waals surface area (Å²) in [5, 5.41) is 9.57. The van der Waals surface area contributed by atoms with E-state index in [1.165, 1.54) is 10.4 Å². The molecule has 2 aromatic rings. The summed E-state index contributed by atoms with van der Waals surface area (Å²) in [6.07, 6.45) is 1.08. The number of rotatable bonds is 6. The molecule has 0 aliphatic rings. The Morgan fingerprint density at radius 2 is 2.16 bits per heavy atom. The Morgan fingerprint density at radius 3 is 2.84 bits per heavy atom. The van der Waals surface area contributed by atoms with Crippen molar-refractivity contribution in [2.24, 2.45) is 5.73 Å². The monoisotopic (exact) mass is 273 g/mol. The van der Waals surface area contributed by atoms with Crippen molar-refractivity contribution in [3.8, 4) is 0 Å². The lowest BCUT2D eigenvalue weighted by Crippen LogP contribution is -2.21. The third kappa shape index (κ3) is 4.19. The molecule has 0 aliphatic heterocycles. The molecule has 0 saturated carbocycles. The van der Waals surface area contributed by atoms with Crippen LogP contribution in [0.2, 0.25) is 0 Å². The Kier molecular flexibility index (Phi) is 4.71. The van der Waals surface area contributed by atoms with Crippen molar-refractivity contribution in [3.63, 3.8) is 0 Å². The van der Waals surface area contributed by atoms with Gasteiger partial charge in [0.15, 0.2) is 0 Å². The number of thiophene rings is 1. The van der Waals surface area contributed by atoms with E-state index < -0.39 is 0 Å². The van der Waals surface area contributed by atoms with Crippen LogP contribution in [-0.2, 0) is 13.0 Å². The topological polar surface area (TPSA) is 53.1 Å². The van der Waals surface area contributed by atoms with Crippen molar-refractivity contribution in [2.45, 2.75) is 13.0 Å². The van der Waals surface area contributed by atoms with E-state index in [1.807, 2.05) is 18.2 Å². The van der Waals surface area contributed by atoms with Crippen LogP contribution >= 0.6 is 11.3 Å². The second-order valence-electron chi connectivity index (χ2n) is 4.68. The second kappa shape index (κ2) is 6.50. The molecule has 1 aromatic carbocycles. The summed E-state index contributed by atoms with van der Waals surface area (Å²) in [6, 6.07) is 12.2. The van der Waals surface area contributed by atoms with Gasteiger partial charge in [-0.1, -0.05) is 24.3 Å². The molecule has 0 fully saturated rings. The molecular formula is C15H19N3S. The van der Waals surface area contributed by atoms with Gasteiger partial charge in [0.25, 0.3) is 0 Å². The molecule has 2 rings (SSSR count). The first-order valence-corrected chi connectivity index (χ1v) is 7.17. The van der Waals surface area contributed by atoms with Crippen molar-refractivity contribution >= 4 is 17.2 Å². The Bertz CT molecular complexity index is 534. The van der Waals surface area contributed by atoms with Crippen molar-refractivity contribution in [1.82, 2.24) is 4.90 Å². The number of hydrogen-bond donors (Lipinski definition) is 2. The number of hydrogen-bond acceptors (Lipinski definition) is 3. The maximum Gasteiger partial charge on any atom is 0.122 e. The highest BCUT2D eigenvalue weighted by Gasteiger charge is 2.03. The third-order valence-corrected chi connectivity index (χ3v) is 3.95. The standard InChI is InChI=1S/C15H19N3S/c1-18(8-7-14-6-3-9-19-14)11-12-4-2-5-13(10-12)15(16)17/h2-6,9-10H,7-8,11H2,1H3,(H3,16,17). The van der Waals surface area contributed by atoms with Gasteiger partial charge in [0.1, 0.15) is 5.84 Å². The van der Waals surface area contributed by atoms with Crippen LogP contribution in [0, 0.1) is 5.41 Å². The minimum atomic E-state index is 0.128. The number of nitrogens with zero attached hydrogens (tertiary/aromatic N) is 1. The van der Waals surface area contributed by atoms with Crippen LogP contribution in [0.4, 0.5) is 0 Å². The summed E-state index contributed by atoms with van der Waals surface area (Å²) in [5.41, 5.74) is 7.50. The lowest BCUT2D eigenvalue weighted by atomic mass is 10.1. The van der Waals surface area contributed by atoms with Gasteiger partial charge in [-0.3, -0.25) is 5.41 Å². The summed E-state index contributed by atoms with van der Waals surface area (Å²) in [4.78, 5) is 3.71. The Balaban J connectivity index is 1.89. The van der Waals surface area contributed by atoms with Crippen molar-refractivity contribution in [2.75, 3.05) is 13.6 Å². The van der Waals surface area contributed by atoms with Crippen LogP contribution in [-0.4, -0.2) is 24.3 Å². The van der Waals surface area contributed by atoms with E-state index in [9.17, 15) is 0 Å². The van der Waals surface area contributed by atoms with Crippen LogP contribution in [0.1, 0.15) is 16.0 Å². The normalized spacial score (nSPS) is 10.8. The number of nitrogens with two attached hydrogens (primary N) is 1. The van der Waals surface area contributed by atoms with E-state index in [0.29, 0.717) is 0 Å². The number of nitrogen functional groups attached to an aromatic ring is 1. The summed E-state index contributed by atoms with van der Waals surface area (Å²) in [5.74, 6) is 0.128. The van der Waals surface area contributed by atoms with E-state index in [2.05, 4.69) is 35.5 Å². The zero-order chi connectivity index (χ0) is 13.7. The zero-order valence-corrected chi connectivity index (χ0v) is 11.9. The minimum Gasteiger partial charge on any atom is -0.384 e. The molecule has 1 aromatic heterocycles. The molecule has 0 saturated heterocycles. The zero-order valence-electron chi connectivity index (χ0n) is 11.1. The molecule has 19 heavy (non-hydrogen) atoms. The van der Waals surface area contributed by atoms with Gasteiger partial charge in [-0.15, -0.1) is 11.3 Å². The van der Waals surface area contributed by atoms with Crippen LogP contribution < -0.4 is 5.73 Å². The van der Waals surface area contributed by atoms with Gasteiger partial charge < -0.3 is 10.6 Å². The fourth-order valence-electron chi connectivity index (χ4n) is 1.98. The van der Waals surface area contributed by atoms with Gasteiger partial charge in [0.2, 0.25) is 0 Å². The molecule has 1 heterocycles. The van der Waals surface area contributed by atoms with Crippen LogP contribution in [0.5, 0.6) is 0 Å². The first-order valence-electron chi connectivity index (χ1n) is 6.29. The van der Waals surface area contributed by atoms with Crippen molar-refractivity contribution < 1.29 is 0 Å². The Labute approximate surface area is 118 Å². The lowest BCUT2D eigenvalue weighted by molar-refractivity contribution is 0.332. The SMILES string of the molecule is CN(CCc1cccs1)Cc1cccc(C(=N)N)c1. The van der Waals surface area contributed by atoms with E-state index >= 15 is 0 Å². The highest BCUT2D eigenvalue weighted by Crippen LogP contribution is 2.11. The molecule has 100 valence electrons. The summed E-state index contributed by atoms with van der Waals surface area (Å²) < 4.78 is 0. The molecule has 0 radical (unpaired) electrons. The van der Waals surface area contributed by atoms with Crippen LogP contribution in [0.25, 0.3) is 0 Å². The third-order valence-electron chi connectivity index (χ3n) is 3.01. The number of nitrogens with one attached hydrogen (secondary N) is 1. The average Bonchev–Trinajstić information content (AvgIpc) is 2.90. The molecule has 0 amide bonds. The Hall–Kier alpha value is -1.65. The van der Waals surface area contributed by atoms with Gasteiger partial charge in [-0.05, 0) is 36.5 Å². The van der Waals surface area contributed by atoms with Crippen LogP contribution in [0.3, 0.4) is 0 Å². The van der Waals surface area contributed by atoms with Gasteiger partial charge in [0.05, 0.1) is 0 Å². The first kappa shape index (κ1) is 13.8. The molecule has 0 aliphatic carbocycles. The molecule has 3 N–H and O–H groups in total. The smallest absolute Gasteiger partial charge is 0.122 e. The van der Waals surface area contributed by atoms with Gasteiger partial charge in [-0.25, -0.2) is 0 Å². The van der Waals surface area contributed by atoms with E-state index in [4.69, 9.17) is 11.1 Å². The molecule has 0 bridgehead atoms. The van der Waals surface area contributed by atoms with Crippen molar-refractivity contribution in [1.29, 1.82) is 5.41 Å². The maximum absolute atomic E-state index is 7.46. The maximum atomic E-state index is 7.46. The number of benzene rings is 1. The summed E-state index contributed by atoms with van der Waals surface area (Å²) in [7, 11) is 2.12. The van der Waals surface area contributed by atoms with Gasteiger partial charge >= 0.3 is 0 Å². The molecule has 3 nitrogen and oxygen atoms in total. The first-order chi connectivity index (χ1) is 9.15. The predicted molar refractivity (Wildman–Crippen MR) is 81.8 cm³/mol. The predicted octanol–water partition coefficient (Wildman–Crippen LogP) is 2.71. The van der Waals surface area contributed by atoms with Crippen molar-refractivity contribution in [3.05, 3.63) is 57.8 Å². The van der Waals surface area contributed by atoms with E-state index in [0.717, 1.165) is 25.1 Å². The molecule has 4 heteroatoms.